The molecule has 0 spiro atoms. The van der Waals surface area contributed by atoms with Gasteiger partial charge < -0.3 is 0 Å². The molecule has 3 aromatic rings. The Balaban J connectivity index is 1.85. The fourth-order valence-corrected chi connectivity index (χ4v) is 4.60. The first kappa shape index (κ1) is 21.1. The third-order valence-corrected chi connectivity index (χ3v) is 7.14. The van der Waals surface area contributed by atoms with Gasteiger partial charge in [-0.1, -0.05) is 24.3 Å². The van der Waals surface area contributed by atoms with Crippen LogP contribution in [0.4, 0.5) is 4.39 Å². The molecule has 0 radical (unpaired) electrons. The lowest BCUT2D eigenvalue weighted by atomic mass is 10.1. The Morgan fingerprint density at radius 2 is 1.72 bits per heavy atom. The zero-order valence-corrected chi connectivity index (χ0v) is 17.2. The van der Waals surface area contributed by atoms with Gasteiger partial charge in [0.25, 0.3) is 0 Å². The van der Waals surface area contributed by atoms with Crippen LogP contribution in [-0.2, 0) is 20.0 Å². The van der Waals surface area contributed by atoms with Crippen molar-refractivity contribution in [2.75, 3.05) is 7.05 Å². The van der Waals surface area contributed by atoms with Gasteiger partial charge in [-0.3, -0.25) is 0 Å². The van der Waals surface area contributed by atoms with E-state index in [1.807, 2.05) is 0 Å². The summed E-state index contributed by atoms with van der Waals surface area (Å²) in [6.07, 6.45) is 2.32. The van der Waals surface area contributed by atoms with Crippen molar-refractivity contribution in [3.05, 3.63) is 72.3 Å². The van der Waals surface area contributed by atoms with Gasteiger partial charge in [0.05, 0.1) is 17.3 Å². The number of para-hydroxylation sites is 1. The van der Waals surface area contributed by atoms with Gasteiger partial charge in [-0.15, -0.1) is 0 Å². The monoisotopic (exact) mass is 438 g/mol. The molecule has 0 bridgehead atoms. The number of sulfonamides is 2. The Morgan fingerprint density at radius 3 is 2.41 bits per heavy atom. The summed E-state index contributed by atoms with van der Waals surface area (Å²) in [4.78, 5) is -0.123. The predicted octanol–water partition coefficient (Wildman–Crippen LogP) is 1.96. The molecule has 1 atom stereocenters. The number of halogens is 1. The Kier molecular flexibility index (Phi) is 5.85. The molecule has 1 aromatic heterocycles. The number of benzene rings is 2. The first-order valence-corrected chi connectivity index (χ1v) is 11.5. The number of hydrogen-bond donors (Lipinski definition) is 2. The lowest BCUT2D eigenvalue weighted by Gasteiger charge is -2.15. The van der Waals surface area contributed by atoms with Crippen LogP contribution in [0.2, 0.25) is 0 Å². The highest BCUT2D eigenvalue weighted by molar-refractivity contribution is 7.89. The van der Waals surface area contributed by atoms with Crippen molar-refractivity contribution in [2.45, 2.75) is 22.8 Å². The molecular formula is C18H19FN4O4S2. The smallest absolute Gasteiger partial charge is 0.237 e. The van der Waals surface area contributed by atoms with Crippen molar-refractivity contribution in [2.24, 2.45) is 0 Å². The van der Waals surface area contributed by atoms with Crippen LogP contribution < -0.4 is 9.44 Å². The van der Waals surface area contributed by atoms with Crippen molar-refractivity contribution in [3.8, 4) is 5.69 Å². The quantitative estimate of drug-likeness (QED) is 0.586. The maximum Gasteiger partial charge on any atom is 0.244 e. The second-order valence-electron chi connectivity index (χ2n) is 6.20. The third-order valence-electron chi connectivity index (χ3n) is 4.24. The molecule has 154 valence electrons. The molecule has 2 aromatic carbocycles. The molecule has 3 rings (SSSR count). The van der Waals surface area contributed by atoms with Crippen LogP contribution in [0.3, 0.4) is 0 Å². The van der Waals surface area contributed by atoms with Crippen LogP contribution >= 0.6 is 0 Å². The minimum Gasteiger partial charge on any atom is -0.237 e. The molecule has 0 fully saturated rings. The van der Waals surface area contributed by atoms with Gasteiger partial charge in [0.2, 0.25) is 20.0 Å². The third kappa shape index (κ3) is 4.53. The molecule has 0 saturated heterocycles. The standard InChI is InChI=1S/C18H19FN4O4S2/c1-13(14-6-5-7-15(10-14)28(24,25)20-2)22-29(26,27)16-11-21-23(12-16)18-9-4-3-8-17(18)19/h3-13,20,22H,1-2H3. The van der Waals surface area contributed by atoms with Gasteiger partial charge in [0, 0.05) is 6.04 Å². The fraction of sp³-hybridized carbons (Fsp3) is 0.167. The number of aromatic nitrogens is 2. The van der Waals surface area contributed by atoms with Crippen molar-refractivity contribution < 1.29 is 21.2 Å². The normalized spacial score (nSPS) is 13.3. The topological polar surface area (TPSA) is 110 Å². The molecule has 1 unspecified atom stereocenters. The van der Waals surface area contributed by atoms with Crippen LogP contribution in [0.25, 0.3) is 5.69 Å². The predicted molar refractivity (Wildman–Crippen MR) is 105 cm³/mol. The van der Waals surface area contributed by atoms with Crippen LogP contribution in [0.15, 0.2) is 70.7 Å². The van der Waals surface area contributed by atoms with E-state index in [2.05, 4.69) is 14.5 Å². The highest BCUT2D eigenvalue weighted by atomic mass is 32.2. The second-order valence-corrected chi connectivity index (χ2v) is 9.80. The Hall–Kier alpha value is -2.60. The average Bonchev–Trinajstić information content (AvgIpc) is 3.19. The van der Waals surface area contributed by atoms with E-state index >= 15 is 0 Å². The zero-order chi connectivity index (χ0) is 21.2. The Bertz CT molecular complexity index is 1240. The van der Waals surface area contributed by atoms with Gasteiger partial charge >= 0.3 is 0 Å². The molecule has 29 heavy (non-hydrogen) atoms. The average molecular weight is 439 g/mol. The summed E-state index contributed by atoms with van der Waals surface area (Å²) in [5.74, 6) is -0.538. The number of nitrogens with zero attached hydrogens (tertiary/aromatic N) is 2. The summed E-state index contributed by atoms with van der Waals surface area (Å²) in [6, 6.07) is 11.1. The van der Waals surface area contributed by atoms with Crippen LogP contribution in [0.1, 0.15) is 18.5 Å². The van der Waals surface area contributed by atoms with Crippen LogP contribution in [-0.4, -0.2) is 33.7 Å². The largest absolute Gasteiger partial charge is 0.244 e. The number of rotatable bonds is 7. The second kappa shape index (κ2) is 8.03. The van der Waals surface area contributed by atoms with E-state index in [4.69, 9.17) is 0 Å². The van der Waals surface area contributed by atoms with E-state index in [0.29, 0.717) is 5.56 Å². The van der Waals surface area contributed by atoms with E-state index < -0.39 is 31.9 Å². The van der Waals surface area contributed by atoms with E-state index in [1.54, 1.807) is 19.1 Å². The summed E-state index contributed by atoms with van der Waals surface area (Å²) >= 11 is 0. The van der Waals surface area contributed by atoms with Crippen molar-refractivity contribution in [1.29, 1.82) is 0 Å². The van der Waals surface area contributed by atoms with Gasteiger partial charge in [0.1, 0.15) is 16.4 Å². The summed E-state index contributed by atoms with van der Waals surface area (Å²) in [7, 11) is -6.35. The molecule has 11 heteroatoms. The SMILES string of the molecule is CNS(=O)(=O)c1cccc(C(C)NS(=O)(=O)c2cnn(-c3ccccc3F)c2)c1. The molecule has 2 N–H and O–H groups in total. The summed E-state index contributed by atoms with van der Waals surface area (Å²) < 4.78 is 69.0. The number of hydrogen-bond acceptors (Lipinski definition) is 5. The maximum atomic E-state index is 13.9. The molecule has 0 amide bonds. The molecule has 0 aliphatic rings. The lowest BCUT2D eigenvalue weighted by Crippen LogP contribution is -2.27. The molecule has 0 aliphatic heterocycles. The minimum absolute atomic E-state index is 0.0240. The molecule has 0 saturated carbocycles. The van der Waals surface area contributed by atoms with E-state index in [9.17, 15) is 21.2 Å². The van der Waals surface area contributed by atoms with E-state index in [-0.39, 0.29) is 15.5 Å². The molecule has 1 heterocycles. The lowest BCUT2D eigenvalue weighted by molar-refractivity contribution is 0.566. The van der Waals surface area contributed by atoms with Gasteiger partial charge in [-0.25, -0.2) is 35.4 Å². The van der Waals surface area contributed by atoms with E-state index in [1.165, 1.54) is 49.6 Å². The first-order valence-electron chi connectivity index (χ1n) is 8.49. The Morgan fingerprint density at radius 1 is 1.00 bits per heavy atom. The minimum atomic E-state index is -3.98. The highest BCUT2D eigenvalue weighted by Gasteiger charge is 2.22. The summed E-state index contributed by atoms with van der Waals surface area (Å²) in [6.45, 7) is 1.59. The molecular weight excluding hydrogens is 419 g/mol. The first-order chi connectivity index (χ1) is 13.6. The fourth-order valence-electron chi connectivity index (χ4n) is 2.65. The van der Waals surface area contributed by atoms with Gasteiger partial charge in [-0.05, 0) is 43.8 Å². The molecule has 0 aliphatic carbocycles. The highest BCUT2D eigenvalue weighted by Crippen LogP contribution is 2.21. The zero-order valence-electron chi connectivity index (χ0n) is 15.6. The van der Waals surface area contributed by atoms with Gasteiger partial charge in [0.15, 0.2) is 0 Å². The molecule has 8 nitrogen and oxygen atoms in total. The van der Waals surface area contributed by atoms with Crippen molar-refractivity contribution in [1.82, 2.24) is 19.2 Å². The Labute approximate surface area is 168 Å². The summed E-state index contributed by atoms with van der Waals surface area (Å²) in [5, 5.41) is 3.92. The maximum absolute atomic E-state index is 13.9. The van der Waals surface area contributed by atoms with Crippen LogP contribution in [0.5, 0.6) is 0 Å². The summed E-state index contributed by atoms with van der Waals surface area (Å²) in [5.41, 5.74) is 0.582. The van der Waals surface area contributed by atoms with Crippen LogP contribution in [0, 0.1) is 5.82 Å². The van der Waals surface area contributed by atoms with Gasteiger partial charge in [-0.2, -0.15) is 5.10 Å². The van der Waals surface area contributed by atoms with Crippen molar-refractivity contribution in [3.63, 3.8) is 0 Å². The van der Waals surface area contributed by atoms with Crippen molar-refractivity contribution >= 4 is 20.0 Å². The van der Waals surface area contributed by atoms with E-state index in [0.717, 1.165) is 10.9 Å². The number of nitrogens with one attached hydrogen (secondary N) is 2.